The van der Waals surface area contributed by atoms with Crippen LogP contribution in [0.15, 0.2) is 69.0 Å². The third-order valence-corrected chi connectivity index (χ3v) is 5.70. The Morgan fingerprint density at radius 3 is 2.59 bits per heavy atom. The van der Waals surface area contributed by atoms with Crippen molar-refractivity contribution in [1.82, 2.24) is 9.66 Å². The molecule has 3 aromatic carbocycles. The van der Waals surface area contributed by atoms with Gasteiger partial charge in [-0.1, -0.05) is 57.3 Å². The van der Waals surface area contributed by atoms with E-state index in [0.29, 0.717) is 27.9 Å². The molecule has 0 fully saturated rings. The lowest BCUT2D eigenvalue weighted by atomic mass is 10.2. The minimum absolute atomic E-state index is 0.0214. The van der Waals surface area contributed by atoms with E-state index in [0.717, 1.165) is 4.47 Å². The van der Waals surface area contributed by atoms with Crippen LogP contribution in [0, 0.1) is 12.7 Å². The molecule has 0 aliphatic carbocycles. The fourth-order valence-corrected chi connectivity index (χ4v) is 4.05. The maximum Gasteiger partial charge on any atom is 0.282 e. The molecular formula is C23H15BrCl2FN3O2. The van der Waals surface area contributed by atoms with Crippen molar-refractivity contribution in [3.05, 3.63) is 102 Å². The molecule has 0 spiro atoms. The Labute approximate surface area is 201 Å². The fraction of sp³-hybridized carbons (Fsp3) is 0.0870. The highest BCUT2D eigenvalue weighted by molar-refractivity contribution is 9.10. The van der Waals surface area contributed by atoms with E-state index in [9.17, 15) is 9.18 Å². The predicted octanol–water partition coefficient (Wildman–Crippen LogP) is 6.37. The number of ether oxygens (including phenoxy) is 1. The quantitative estimate of drug-likeness (QED) is 0.279. The van der Waals surface area contributed by atoms with E-state index < -0.39 is 0 Å². The molecule has 0 N–H and O–H groups in total. The highest BCUT2D eigenvalue weighted by Gasteiger charge is 2.12. The van der Waals surface area contributed by atoms with E-state index in [1.54, 1.807) is 49.4 Å². The monoisotopic (exact) mass is 533 g/mol. The Hall–Kier alpha value is -2.74. The summed E-state index contributed by atoms with van der Waals surface area (Å²) in [6, 6.07) is 14.8. The van der Waals surface area contributed by atoms with Gasteiger partial charge in [-0.05, 0) is 48.9 Å². The van der Waals surface area contributed by atoms with Gasteiger partial charge in [0, 0.05) is 10.0 Å². The molecule has 0 aliphatic heterocycles. The van der Waals surface area contributed by atoms with Crippen molar-refractivity contribution in [3.8, 4) is 5.75 Å². The first kappa shape index (κ1) is 22.5. The van der Waals surface area contributed by atoms with Gasteiger partial charge in [0.05, 0.1) is 27.2 Å². The predicted molar refractivity (Wildman–Crippen MR) is 129 cm³/mol. The van der Waals surface area contributed by atoms with E-state index in [2.05, 4.69) is 26.0 Å². The summed E-state index contributed by atoms with van der Waals surface area (Å²) in [6.07, 6.45) is 1.46. The molecule has 0 saturated carbocycles. The second-order valence-corrected chi connectivity index (χ2v) is 8.61. The first-order valence-electron chi connectivity index (χ1n) is 9.42. The number of hydrogen-bond acceptors (Lipinski definition) is 4. The minimum Gasteiger partial charge on any atom is -0.486 e. The molecule has 0 aliphatic rings. The summed E-state index contributed by atoms with van der Waals surface area (Å²) in [5, 5.41) is 5.18. The van der Waals surface area contributed by atoms with Gasteiger partial charge in [-0.3, -0.25) is 4.79 Å². The van der Waals surface area contributed by atoms with Crippen molar-refractivity contribution < 1.29 is 9.13 Å². The number of benzene rings is 3. The Bertz CT molecular complexity index is 1400. The highest BCUT2D eigenvalue weighted by Crippen LogP contribution is 2.34. The molecule has 162 valence electrons. The maximum absolute atomic E-state index is 13.8. The van der Waals surface area contributed by atoms with E-state index in [1.807, 2.05) is 6.07 Å². The summed E-state index contributed by atoms with van der Waals surface area (Å²) < 4.78 is 21.4. The Kier molecular flexibility index (Phi) is 6.60. The van der Waals surface area contributed by atoms with Gasteiger partial charge in [-0.15, -0.1) is 0 Å². The zero-order chi connectivity index (χ0) is 22.8. The Morgan fingerprint density at radius 1 is 1.16 bits per heavy atom. The lowest BCUT2D eigenvalue weighted by Crippen LogP contribution is -2.20. The standard InChI is InChI=1S/C23H15BrCl2FN3O2/c1-13-29-21-7-6-16(24)10-17(21)23(31)30(13)28-11-14-8-18(25)22(19(26)9-14)32-12-15-4-2-3-5-20(15)27/h2-11H,12H2,1H3. The van der Waals surface area contributed by atoms with Crippen molar-refractivity contribution in [2.75, 3.05) is 0 Å². The second kappa shape index (κ2) is 9.40. The molecule has 1 aromatic heterocycles. The van der Waals surface area contributed by atoms with Crippen LogP contribution in [0.2, 0.25) is 10.0 Å². The van der Waals surface area contributed by atoms with Crippen LogP contribution >= 0.6 is 39.1 Å². The summed E-state index contributed by atoms with van der Waals surface area (Å²) in [4.78, 5) is 17.3. The van der Waals surface area contributed by atoms with Crippen LogP contribution in [0.3, 0.4) is 0 Å². The molecule has 0 unspecified atom stereocenters. The Balaban J connectivity index is 1.62. The summed E-state index contributed by atoms with van der Waals surface area (Å²) in [7, 11) is 0. The van der Waals surface area contributed by atoms with Crippen LogP contribution in [-0.2, 0) is 6.61 Å². The first-order valence-corrected chi connectivity index (χ1v) is 11.0. The molecule has 0 bridgehead atoms. The molecule has 32 heavy (non-hydrogen) atoms. The van der Waals surface area contributed by atoms with Gasteiger partial charge in [0.1, 0.15) is 18.2 Å². The number of fused-ring (bicyclic) bond motifs is 1. The summed E-state index contributed by atoms with van der Waals surface area (Å²) in [6.45, 7) is 1.67. The van der Waals surface area contributed by atoms with Gasteiger partial charge in [0.2, 0.25) is 0 Å². The molecular weight excluding hydrogens is 520 g/mol. The van der Waals surface area contributed by atoms with Gasteiger partial charge in [0.25, 0.3) is 5.56 Å². The van der Waals surface area contributed by atoms with E-state index in [4.69, 9.17) is 27.9 Å². The van der Waals surface area contributed by atoms with Crippen molar-refractivity contribution in [1.29, 1.82) is 0 Å². The van der Waals surface area contributed by atoms with Crippen molar-refractivity contribution >= 4 is 56.2 Å². The van der Waals surface area contributed by atoms with Crippen LogP contribution in [0.5, 0.6) is 5.75 Å². The molecule has 4 aromatic rings. The van der Waals surface area contributed by atoms with Gasteiger partial charge >= 0.3 is 0 Å². The fourth-order valence-electron chi connectivity index (χ4n) is 3.08. The molecule has 5 nitrogen and oxygen atoms in total. The first-order chi connectivity index (χ1) is 15.3. The molecule has 9 heteroatoms. The van der Waals surface area contributed by atoms with Gasteiger partial charge in [-0.25, -0.2) is 9.37 Å². The average Bonchev–Trinajstić information content (AvgIpc) is 2.75. The maximum atomic E-state index is 13.8. The molecule has 0 atom stereocenters. The largest absolute Gasteiger partial charge is 0.486 e. The number of hydrogen-bond donors (Lipinski definition) is 0. The molecule has 1 heterocycles. The number of aromatic nitrogens is 2. The number of rotatable bonds is 5. The van der Waals surface area contributed by atoms with Crippen LogP contribution in [0.25, 0.3) is 10.9 Å². The van der Waals surface area contributed by atoms with Gasteiger partial charge in [-0.2, -0.15) is 9.78 Å². The van der Waals surface area contributed by atoms with Crippen LogP contribution in [-0.4, -0.2) is 15.9 Å². The Morgan fingerprint density at radius 2 is 1.88 bits per heavy atom. The van der Waals surface area contributed by atoms with Crippen molar-refractivity contribution in [2.24, 2.45) is 5.10 Å². The summed E-state index contributed by atoms with van der Waals surface area (Å²) in [5.74, 6) is 0.294. The SMILES string of the molecule is Cc1nc2ccc(Br)cc2c(=O)n1N=Cc1cc(Cl)c(OCc2ccccc2F)c(Cl)c1. The van der Waals surface area contributed by atoms with E-state index in [-0.39, 0.29) is 33.8 Å². The molecule has 0 saturated heterocycles. The number of aryl methyl sites for hydroxylation is 1. The third kappa shape index (κ3) is 4.70. The van der Waals surface area contributed by atoms with E-state index in [1.165, 1.54) is 17.0 Å². The number of nitrogens with zero attached hydrogens (tertiary/aromatic N) is 3. The smallest absolute Gasteiger partial charge is 0.282 e. The minimum atomic E-state index is -0.375. The molecule has 0 amide bonds. The molecule has 4 rings (SSSR count). The summed E-state index contributed by atoms with van der Waals surface area (Å²) >= 11 is 16.0. The zero-order valence-corrected chi connectivity index (χ0v) is 19.7. The lowest BCUT2D eigenvalue weighted by molar-refractivity contribution is 0.300. The van der Waals surface area contributed by atoms with Gasteiger partial charge in [0.15, 0.2) is 5.75 Å². The third-order valence-electron chi connectivity index (χ3n) is 4.64. The molecule has 0 radical (unpaired) electrons. The van der Waals surface area contributed by atoms with Crippen LogP contribution in [0.4, 0.5) is 4.39 Å². The van der Waals surface area contributed by atoms with Crippen LogP contribution in [0.1, 0.15) is 17.0 Å². The van der Waals surface area contributed by atoms with Crippen LogP contribution < -0.4 is 10.3 Å². The number of halogens is 4. The van der Waals surface area contributed by atoms with Gasteiger partial charge < -0.3 is 4.74 Å². The van der Waals surface area contributed by atoms with E-state index >= 15 is 0 Å². The highest BCUT2D eigenvalue weighted by atomic mass is 79.9. The van der Waals surface area contributed by atoms with Crippen molar-refractivity contribution in [2.45, 2.75) is 13.5 Å². The summed E-state index contributed by atoms with van der Waals surface area (Å²) in [5.41, 5.74) is 1.23. The topological polar surface area (TPSA) is 56.5 Å². The second-order valence-electron chi connectivity index (χ2n) is 6.88. The average molecular weight is 535 g/mol. The normalized spacial score (nSPS) is 11.4. The van der Waals surface area contributed by atoms with Crippen molar-refractivity contribution in [3.63, 3.8) is 0 Å². The lowest BCUT2D eigenvalue weighted by Gasteiger charge is -2.11. The zero-order valence-electron chi connectivity index (χ0n) is 16.7.